The molecule has 25 nitrogen and oxygen atoms in total. The van der Waals surface area contributed by atoms with Crippen molar-refractivity contribution in [2.45, 2.75) is 122 Å². The number of primary amides is 1. The van der Waals surface area contributed by atoms with Gasteiger partial charge >= 0.3 is 13.5 Å². The van der Waals surface area contributed by atoms with E-state index in [1.54, 1.807) is 11.5 Å². The number of benzene rings is 1. The van der Waals surface area contributed by atoms with Gasteiger partial charge in [0.05, 0.1) is 30.2 Å². The standard InChI is InChI=1S/C41H61N10O15P/c1-24(2)17-30(46-41(59)34-13-10-15-50(34)27(5)53)38(56)45-31(39(57)47-32(22-52)40(58)48-35(37(42)55)26(4)66-67(62,63)64)19-29-21-43-23-49(29)14-7-6-8-16-65-44-20-25(3)18-28-11-9-12-33(36(28)54)51(60)61/h9,11-12,18,20-21,23-24,26,30-32,34-35,52,54H,6-8,10,13-17,19,22H2,1-5H3,(H2,42,55)(H,45,56)(H,46,59)(H,47,57)(H,48,58)(H2,62,63,64)/b25-18+,44-20+/t26-,30+,31+,32+,34+,35+/m1/s1. The molecule has 1 aliphatic rings. The van der Waals surface area contributed by atoms with Crippen LogP contribution in [0.4, 0.5) is 5.69 Å². The first-order valence-corrected chi connectivity index (χ1v) is 23.0. The number of aromatic nitrogens is 2. The van der Waals surface area contributed by atoms with Gasteiger partial charge in [-0.3, -0.25) is 43.4 Å². The molecule has 6 amide bonds. The number of nitrogens with zero attached hydrogens (tertiary/aromatic N) is 5. The number of nitrogens with one attached hydrogen (secondary N) is 4. The number of oxime groups is 1. The third-order valence-electron chi connectivity index (χ3n) is 10.4. The highest BCUT2D eigenvalue weighted by molar-refractivity contribution is 7.46. The van der Waals surface area contributed by atoms with Gasteiger partial charge in [-0.1, -0.05) is 31.1 Å². The number of nitrogens with two attached hydrogens (primary N) is 1. The zero-order valence-corrected chi connectivity index (χ0v) is 38.8. The number of rotatable bonds is 27. The Morgan fingerprint density at radius 3 is 2.31 bits per heavy atom. The summed E-state index contributed by atoms with van der Waals surface area (Å²) < 4.78 is 17.6. The number of aliphatic hydroxyl groups is 1. The number of carbonyl (C=O) groups is 6. The Kier molecular flexibility index (Phi) is 21.5. The first kappa shape index (κ1) is 55.1. The number of phosphoric ester groups is 1. The normalized spacial score (nSPS) is 16.5. The van der Waals surface area contributed by atoms with Crippen LogP contribution < -0.4 is 27.0 Å². The number of aliphatic hydroxyl groups excluding tert-OH is 1. The number of phenolic OH excluding ortho intramolecular Hbond substituents is 1. The number of phosphoric acid groups is 1. The van der Waals surface area contributed by atoms with E-state index in [9.17, 15) is 63.4 Å². The fourth-order valence-electron chi connectivity index (χ4n) is 7.11. The zero-order chi connectivity index (χ0) is 50.0. The van der Waals surface area contributed by atoms with E-state index >= 15 is 0 Å². The van der Waals surface area contributed by atoms with Gasteiger partial charge in [-0.05, 0) is 69.9 Å². The van der Waals surface area contributed by atoms with E-state index < -0.39 is 96.6 Å². The van der Waals surface area contributed by atoms with Gasteiger partial charge in [0.15, 0.2) is 0 Å². The predicted molar refractivity (Wildman–Crippen MR) is 239 cm³/mol. The van der Waals surface area contributed by atoms with Gasteiger partial charge in [-0.2, -0.15) is 0 Å². The molecule has 1 aliphatic heterocycles. The lowest BCUT2D eigenvalue weighted by molar-refractivity contribution is -0.385. The number of carbonyl (C=O) groups excluding carboxylic acids is 6. The Bertz CT molecular complexity index is 2180. The number of phenols is 1. The van der Waals surface area contributed by atoms with Gasteiger partial charge in [-0.25, -0.2) is 9.55 Å². The fourth-order valence-corrected chi connectivity index (χ4v) is 7.66. The number of likely N-dealkylation sites (tertiary alicyclic amines) is 1. The minimum absolute atomic E-state index is 0.129. The minimum Gasteiger partial charge on any atom is -0.502 e. The maximum atomic E-state index is 14.0. The van der Waals surface area contributed by atoms with Crippen molar-refractivity contribution in [3.63, 3.8) is 0 Å². The van der Waals surface area contributed by atoms with Gasteiger partial charge in [0.2, 0.25) is 41.2 Å². The summed E-state index contributed by atoms with van der Waals surface area (Å²) in [7, 11) is -5.14. The number of allylic oxidation sites excluding steroid dienone is 1. The average molecular weight is 965 g/mol. The van der Waals surface area contributed by atoms with Gasteiger partial charge in [0.25, 0.3) is 0 Å². The first-order valence-electron chi connectivity index (χ1n) is 21.4. The molecular formula is C41H61N10O15P. The maximum Gasteiger partial charge on any atom is 0.469 e. The summed E-state index contributed by atoms with van der Waals surface area (Å²) >= 11 is 0. The number of aryl methyl sites for hydroxylation is 1. The maximum absolute atomic E-state index is 14.0. The molecule has 26 heteroatoms. The summed E-state index contributed by atoms with van der Waals surface area (Å²) in [6, 6.07) is -2.87. The summed E-state index contributed by atoms with van der Waals surface area (Å²) in [5.41, 5.74) is 6.18. The van der Waals surface area contributed by atoms with Crippen molar-refractivity contribution in [2.75, 3.05) is 19.8 Å². The van der Waals surface area contributed by atoms with Gasteiger partial charge in [0.1, 0.15) is 36.8 Å². The van der Waals surface area contributed by atoms with Crippen LogP contribution in [0.2, 0.25) is 0 Å². The Morgan fingerprint density at radius 2 is 1.69 bits per heavy atom. The molecule has 1 fully saturated rings. The summed E-state index contributed by atoms with van der Waals surface area (Å²) in [4.78, 5) is 119. The molecule has 67 heavy (non-hydrogen) atoms. The molecule has 0 unspecified atom stereocenters. The van der Waals surface area contributed by atoms with Crippen LogP contribution in [0.1, 0.15) is 84.4 Å². The highest BCUT2D eigenvalue weighted by Gasteiger charge is 2.37. The Balaban J connectivity index is 1.75. The number of aromatic hydroxyl groups is 1. The number of para-hydroxylation sites is 1. The minimum atomic E-state index is -5.14. The molecule has 2 heterocycles. The van der Waals surface area contributed by atoms with Gasteiger partial charge < -0.3 is 61.3 Å². The van der Waals surface area contributed by atoms with Crippen LogP contribution in [-0.2, 0) is 55.7 Å². The molecule has 1 aromatic carbocycles. The lowest BCUT2D eigenvalue weighted by atomic mass is 10.0. The van der Waals surface area contributed by atoms with Crippen molar-refractivity contribution in [3.8, 4) is 5.75 Å². The highest BCUT2D eigenvalue weighted by atomic mass is 31.2. The van der Waals surface area contributed by atoms with E-state index in [1.807, 2.05) is 13.8 Å². The average Bonchev–Trinajstić information content (AvgIpc) is 3.92. The van der Waals surface area contributed by atoms with E-state index in [-0.39, 0.29) is 36.8 Å². The summed E-state index contributed by atoms with van der Waals surface area (Å²) in [5.74, 6) is -5.63. The molecule has 1 aromatic heterocycles. The van der Waals surface area contributed by atoms with Gasteiger partial charge in [0, 0.05) is 50.0 Å². The van der Waals surface area contributed by atoms with Crippen molar-refractivity contribution in [1.29, 1.82) is 0 Å². The third-order valence-corrected chi connectivity index (χ3v) is 11.0. The summed E-state index contributed by atoms with van der Waals surface area (Å²) in [6.07, 6.45) is 6.99. The van der Waals surface area contributed by atoms with Crippen LogP contribution >= 0.6 is 7.82 Å². The second kappa shape index (κ2) is 26.2. The number of hydrogen-bond donors (Lipinski definition) is 9. The number of nitro groups is 1. The van der Waals surface area contributed by atoms with Crippen molar-refractivity contribution >= 4 is 61.2 Å². The van der Waals surface area contributed by atoms with Crippen LogP contribution in [0.15, 0.2) is 41.5 Å². The lowest BCUT2D eigenvalue weighted by Crippen LogP contribution is -2.61. The van der Waals surface area contributed by atoms with Crippen LogP contribution in [0, 0.1) is 16.0 Å². The molecule has 2 aromatic rings. The van der Waals surface area contributed by atoms with Crippen LogP contribution in [0.25, 0.3) is 6.08 Å². The quantitative estimate of drug-likeness (QED) is 0.0191. The van der Waals surface area contributed by atoms with Crippen molar-refractivity contribution < 1.29 is 67.6 Å². The molecule has 1 saturated heterocycles. The molecule has 0 bridgehead atoms. The Hall–Kier alpha value is -6.27. The summed E-state index contributed by atoms with van der Waals surface area (Å²) in [6.45, 7) is 7.70. The van der Waals surface area contributed by atoms with Crippen LogP contribution in [-0.4, -0.2) is 137 Å². The topological polar surface area (TPSA) is 370 Å². The number of amides is 6. The van der Waals surface area contributed by atoms with E-state index in [0.29, 0.717) is 56.5 Å². The van der Waals surface area contributed by atoms with Crippen LogP contribution in [0.5, 0.6) is 5.75 Å². The van der Waals surface area contributed by atoms with Crippen LogP contribution in [0.3, 0.4) is 0 Å². The smallest absolute Gasteiger partial charge is 0.469 e. The summed E-state index contributed by atoms with van der Waals surface area (Å²) in [5, 5.41) is 45.2. The van der Waals surface area contributed by atoms with E-state index in [1.165, 1.54) is 54.8 Å². The molecule has 370 valence electrons. The van der Waals surface area contributed by atoms with E-state index in [4.69, 9.17) is 10.6 Å². The second-order valence-corrected chi connectivity index (χ2v) is 17.5. The lowest BCUT2D eigenvalue weighted by Gasteiger charge is -2.28. The van der Waals surface area contributed by atoms with Gasteiger partial charge in [-0.15, -0.1) is 0 Å². The largest absolute Gasteiger partial charge is 0.502 e. The molecule has 10 N–H and O–H groups in total. The second-order valence-electron chi connectivity index (χ2n) is 16.3. The molecule has 0 radical (unpaired) electrons. The first-order chi connectivity index (χ1) is 31.5. The van der Waals surface area contributed by atoms with Crippen molar-refractivity contribution in [1.82, 2.24) is 35.7 Å². The van der Waals surface area contributed by atoms with E-state index in [2.05, 4.69) is 35.9 Å². The Labute approximate surface area is 386 Å². The number of imidazole rings is 1. The molecule has 0 saturated carbocycles. The SMILES string of the molecule is CC(=O)N1CCC[C@H]1C(=O)N[C@@H](CC(C)C)C(=O)N[C@@H](Cc1cncn1CCCCCO/N=C/C(C)=C/c1cccc([N+](=O)[O-])c1O)C(=O)N[C@@H](CO)C(=O)N[C@H](C(N)=O)[C@@H](C)OP(=O)(O)O. The fraction of sp³-hybridized carbons (Fsp3) is 0.561. The predicted octanol–water partition coefficient (Wildman–Crippen LogP) is 0.287. The third kappa shape index (κ3) is 17.8. The van der Waals surface area contributed by atoms with Crippen molar-refractivity contribution in [2.24, 2.45) is 16.8 Å². The van der Waals surface area contributed by atoms with E-state index in [0.717, 1.165) is 6.92 Å². The van der Waals surface area contributed by atoms with Crippen molar-refractivity contribution in [3.05, 3.63) is 57.7 Å². The highest BCUT2D eigenvalue weighted by Crippen LogP contribution is 2.38. The zero-order valence-electron chi connectivity index (χ0n) is 37.9. The molecule has 6 atom stereocenters. The molecular weight excluding hydrogens is 903 g/mol. The molecule has 0 aliphatic carbocycles. The number of nitro benzene ring substituents is 1. The number of hydrogen-bond acceptors (Lipinski definition) is 15. The molecule has 3 rings (SSSR count). The Morgan fingerprint density at radius 1 is 1.01 bits per heavy atom. The number of unbranched alkanes of at least 4 members (excludes halogenated alkanes) is 2. The monoisotopic (exact) mass is 964 g/mol. The molecule has 0 spiro atoms.